The molecule has 1 aromatic carbocycles. The molecule has 3 nitrogen and oxygen atoms in total. The molecule has 88 valence electrons. The molecule has 1 atom stereocenters. The van der Waals surface area contributed by atoms with Gasteiger partial charge < -0.3 is 14.6 Å². The van der Waals surface area contributed by atoms with Gasteiger partial charge in [-0.15, -0.1) is 0 Å². The minimum Gasteiger partial charge on any atom is -0.490 e. The summed E-state index contributed by atoms with van der Waals surface area (Å²) in [4.78, 5) is 0. The first-order valence-electron chi connectivity index (χ1n) is 5.73. The van der Waals surface area contributed by atoms with E-state index in [4.69, 9.17) is 9.47 Å². The second kappa shape index (κ2) is 4.74. The van der Waals surface area contributed by atoms with Crippen molar-refractivity contribution in [2.45, 2.75) is 26.2 Å². The van der Waals surface area contributed by atoms with Crippen LogP contribution >= 0.6 is 0 Å². The highest BCUT2D eigenvalue weighted by atomic mass is 16.5. The van der Waals surface area contributed by atoms with Crippen LogP contribution in [-0.4, -0.2) is 24.9 Å². The Kier molecular flexibility index (Phi) is 3.34. The minimum absolute atomic E-state index is 0.136. The lowest BCUT2D eigenvalue weighted by molar-refractivity contribution is 0.272. The molecule has 1 aliphatic heterocycles. The van der Waals surface area contributed by atoms with E-state index in [-0.39, 0.29) is 12.5 Å². The Bertz CT molecular complexity index is 374. The van der Waals surface area contributed by atoms with Crippen molar-refractivity contribution >= 4 is 0 Å². The maximum absolute atomic E-state index is 9.20. The first kappa shape index (κ1) is 11.3. The van der Waals surface area contributed by atoms with Crippen molar-refractivity contribution in [1.82, 2.24) is 0 Å². The van der Waals surface area contributed by atoms with Crippen molar-refractivity contribution < 1.29 is 14.6 Å². The zero-order chi connectivity index (χ0) is 11.5. The highest BCUT2D eigenvalue weighted by Gasteiger charge is 2.15. The monoisotopic (exact) mass is 222 g/mol. The summed E-state index contributed by atoms with van der Waals surface area (Å²) in [5.41, 5.74) is 2.28. The Morgan fingerprint density at radius 1 is 1.25 bits per heavy atom. The van der Waals surface area contributed by atoms with Crippen molar-refractivity contribution in [2.24, 2.45) is 0 Å². The molecule has 16 heavy (non-hydrogen) atoms. The average Bonchev–Trinajstić information content (AvgIpc) is 2.51. The maximum Gasteiger partial charge on any atom is 0.161 e. The predicted octanol–water partition coefficient (Wildman–Crippen LogP) is 2.25. The molecule has 0 saturated carbocycles. The second-order valence-corrected chi connectivity index (χ2v) is 4.29. The normalized spacial score (nSPS) is 16.7. The number of aliphatic hydroxyl groups is 1. The third kappa shape index (κ3) is 2.14. The molecular weight excluding hydrogens is 204 g/mol. The first-order valence-corrected chi connectivity index (χ1v) is 5.73. The van der Waals surface area contributed by atoms with Gasteiger partial charge in [-0.25, -0.2) is 0 Å². The topological polar surface area (TPSA) is 38.7 Å². The molecule has 0 aliphatic carbocycles. The van der Waals surface area contributed by atoms with Crippen molar-refractivity contribution in [3.8, 4) is 11.5 Å². The number of hydrogen-bond donors (Lipinski definition) is 1. The Morgan fingerprint density at radius 3 is 2.50 bits per heavy atom. The highest BCUT2D eigenvalue weighted by Crippen LogP contribution is 2.35. The Morgan fingerprint density at radius 2 is 1.88 bits per heavy atom. The molecule has 0 aromatic heterocycles. The van der Waals surface area contributed by atoms with Crippen LogP contribution in [0.25, 0.3) is 0 Å². The largest absolute Gasteiger partial charge is 0.490 e. The van der Waals surface area contributed by atoms with E-state index in [0.717, 1.165) is 29.0 Å². The number of fused-ring (bicyclic) bond motifs is 1. The van der Waals surface area contributed by atoms with Crippen LogP contribution in [0.5, 0.6) is 11.5 Å². The fourth-order valence-corrected chi connectivity index (χ4v) is 1.96. The van der Waals surface area contributed by atoms with Crippen LogP contribution in [0.15, 0.2) is 12.1 Å². The van der Waals surface area contributed by atoms with Crippen LogP contribution in [0.3, 0.4) is 0 Å². The quantitative estimate of drug-likeness (QED) is 0.834. The van der Waals surface area contributed by atoms with Gasteiger partial charge in [0.25, 0.3) is 0 Å². The van der Waals surface area contributed by atoms with Gasteiger partial charge in [-0.1, -0.05) is 6.92 Å². The molecule has 0 spiro atoms. The van der Waals surface area contributed by atoms with E-state index in [1.54, 1.807) is 0 Å². The van der Waals surface area contributed by atoms with Crippen molar-refractivity contribution in [2.75, 3.05) is 19.8 Å². The fraction of sp³-hybridized carbons (Fsp3) is 0.538. The molecular formula is C13H18O3. The molecule has 0 radical (unpaired) electrons. The van der Waals surface area contributed by atoms with Gasteiger partial charge in [0.2, 0.25) is 0 Å². The number of aliphatic hydroxyl groups excluding tert-OH is 1. The molecule has 3 heteroatoms. The predicted molar refractivity (Wildman–Crippen MR) is 62.3 cm³/mol. The lowest BCUT2D eigenvalue weighted by Gasteiger charge is -2.16. The van der Waals surface area contributed by atoms with E-state index in [1.165, 1.54) is 0 Å². The molecule has 0 amide bonds. The Balaban J connectivity index is 2.38. The van der Waals surface area contributed by atoms with Gasteiger partial charge in [0.05, 0.1) is 13.2 Å². The smallest absolute Gasteiger partial charge is 0.161 e. The van der Waals surface area contributed by atoms with Crippen molar-refractivity contribution in [3.63, 3.8) is 0 Å². The third-order valence-corrected chi connectivity index (χ3v) is 2.94. The van der Waals surface area contributed by atoms with Gasteiger partial charge in [-0.05, 0) is 30.2 Å². The molecule has 1 aliphatic rings. The maximum atomic E-state index is 9.20. The van der Waals surface area contributed by atoms with E-state index in [2.05, 4.69) is 0 Å². The van der Waals surface area contributed by atoms with Gasteiger partial charge >= 0.3 is 0 Å². The Labute approximate surface area is 96.0 Å². The van der Waals surface area contributed by atoms with Crippen LogP contribution in [0.4, 0.5) is 0 Å². The van der Waals surface area contributed by atoms with Crippen molar-refractivity contribution in [1.29, 1.82) is 0 Å². The summed E-state index contributed by atoms with van der Waals surface area (Å²) in [5, 5.41) is 9.20. The van der Waals surface area contributed by atoms with Crippen LogP contribution in [0.1, 0.15) is 30.4 Å². The van der Waals surface area contributed by atoms with Gasteiger partial charge in [0.1, 0.15) is 0 Å². The molecule has 1 heterocycles. The molecule has 1 N–H and O–H groups in total. The van der Waals surface area contributed by atoms with Gasteiger partial charge in [0, 0.05) is 18.9 Å². The second-order valence-electron chi connectivity index (χ2n) is 4.29. The van der Waals surface area contributed by atoms with Crippen LogP contribution in [0.2, 0.25) is 0 Å². The lowest BCUT2D eigenvalue weighted by Crippen LogP contribution is -2.03. The minimum atomic E-state index is 0.136. The molecule has 0 fully saturated rings. The summed E-state index contributed by atoms with van der Waals surface area (Å²) in [6.45, 7) is 5.60. The standard InChI is InChI=1S/C13H18O3/c1-9-6-12-13(16-5-3-4-15-12)7-11(9)10(2)8-14/h6-7,10,14H,3-5,8H2,1-2H3. The summed E-state index contributed by atoms with van der Waals surface area (Å²) < 4.78 is 11.2. The summed E-state index contributed by atoms with van der Waals surface area (Å²) in [6, 6.07) is 4.00. The average molecular weight is 222 g/mol. The van der Waals surface area contributed by atoms with E-state index < -0.39 is 0 Å². The Hall–Kier alpha value is -1.22. The van der Waals surface area contributed by atoms with E-state index in [0.29, 0.717) is 13.2 Å². The molecule has 0 bridgehead atoms. The number of benzene rings is 1. The fourth-order valence-electron chi connectivity index (χ4n) is 1.96. The molecule has 1 unspecified atom stereocenters. The zero-order valence-electron chi connectivity index (χ0n) is 9.82. The zero-order valence-corrected chi connectivity index (χ0v) is 9.82. The summed E-state index contributed by atoms with van der Waals surface area (Å²) in [7, 11) is 0. The van der Waals surface area contributed by atoms with E-state index in [1.807, 2.05) is 26.0 Å². The summed E-state index contributed by atoms with van der Waals surface area (Å²) in [6.07, 6.45) is 0.915. The van der Waals surface area contributed by atoms with E-state index in [9.17, 15) is 5.11 Å². The summed E-state index contributed by atoms with van der Waals surface area (Å²) in [5.74, 6) is 1.76. The van der Waals surface area contributed by atoms with E-state index >= 15 is 0 Å². The van der Waals surface area contributed by atoms with Crippen molar-refractivity contribution in [3.05, 3.63) is 23.3 Å². The molecule has 0 saturated heterocycles. The molecule has 1 aromatic rings. The number of rotatable bonds is 2. The lowest BCUT2D eigenvalue weighted by atomic mass is 9.96. The SMILES string of the molecule is Cc1cc2c(cc1C(C)CO)OCCCO2. The van der Waals surface area contributed by atoms with Crippen LogP contribution < -0.4 is 9.47 Å². The van der Waals surface area contributed by atoms with Crippen LogP contribution in [0, 0.1) is 6.92 Å². The summed E-state index contributed by atoms with van der Waals surface area (Å²) >= 11 is 0. The number of aryl methyl sites for hydroxylation is 1. The molecule has 2 rings (SSSR count). The first-order chi connectivity index (χ1) is 7.72. The number of ether oxygens (including phenoxy) is 2. The van der Waals surface area contributed by atoms with Gasteiger partial charge in [-0.3, -0.25) is 0 Å². The van der Waals surface area contributed by atoms with Crippen LogP contribution in [-0.2, 0) is 0 Å². The third-order valence-electron chi connectivity index (χ3n) is 2.94. The van der Waals surface area contributed by atoms with Gasteiger partial charge in [0.15, 0.2) is 11.5 Å². The number of hydrogen-bond acceptors (Lipinski definition) is 3. The van der Waals surface area contributed by atoms with Gasteiger partial charge in [-0.2, -0.15) is 0 Å². The highest BCUT2D eigenvalue weighted by molar-refractivity contribution is 5.48.